The molecule has 1 rings (SSSR count). The van der Waals surface area contributed by atoms with Gasteiger partial charge in [0.15, 0.2) is 0 Å². The monoisotopic (exact) mass is 116 g/mol. The normalized spacial score (nSPS) is 19.4. The zero-order valence-corrected chi connectivity index (χ0v) is 4.69. The fraction of sp³-hybridized carbons (Fsp3) is 0.667. The van der Waals surface area contributed by atoms with Gasteiger partial charge in [-0.2, -0.15) is 0 Å². The second-order valence-corrected chi connectivity index (χ2v) is 1.79. The molecular formula is C6H9FO. The highest BCUT2D eigenvalue weighted by molar-refractivity contribution is 4.95. The van der Waals surface area contributed by atoms with Gasteiger partial charge in [-0.05, 0) is 18.9 Å². The van der Waals surface area contributed by atoms with Gasteiger partial charge in [0.25, 0.3) is 0 Å². The summed E-state index contributed by atoms with van der Waals surface area (Å²) < 4.78 is 16.6. The van der Waals surface area contributed by atoms with Crippen molar-refractivity contribution in [2.75, 3.05) is 13.3 Å². The molecule has 0 aromatic carbocycles. The summed E-state index contributed by atoms with van der Waals surface area (Å²) in [5.74, 6) is 0.510. The van der Waals surface area contributed by atoms with Crippen LogP contribution in [0.1, 0.15) is 12.8 Å². The molecular weight excluding hydrogens is 107 g/mol. The predicted octanol–water partition coefficient (Wildman–Crippen LogP) is 1.65. The highest BCUT2D eigenvalue weighted by Crippen LogP contribution is 2.08. The topological polar surface area (TPSA) is 9.23 Å². The number of hydrogen-bond acceptors (Lipinski definition) is 1. The molecule has 0 aromatic rings. The summed E-state index contributed by atoms with van der Waals surface area (Å²) in [5, 5.41) is 0. The van der Waals surface area contributed by atoms with Crippen LogP contribution < -0.4 is 0 Å². The van der Waals surface area contributed by atoms with E-state index in [1.54, 1.807) is 0 Å². The van der Waals surface area contributed by atoms with Gasteiger partial charge in [0.1, 0.15) is 12.4 Å². The molecule has 0 atom stereocenters. The predicted molar refractivity (Wildman–Crippen MR) is 29.2 cm³/mol. The zero-order chi connectivity index (χ0) is 5.82. The maximum absolute atomic E-state index is 11.7. The van der Waals surface area contributed by atoms with E-state index in [1.807, 2.05) is 6.08 Å². The van der Waals surface area contributed by atoms with Gasteiger partial charge in [0.05, 0.1) is 6.61 Å². The lowest BCUT2D eigenvalue weighted by molar-refractivity contribution is 0.172. The van der Waals surface area contributed by atoms with Crippen LogP contribution in [0.25, 0.3) is 0 Å². The first kappa shape index (κ1) is 5.60. The van der Waals surface area contributed by atoms with Crippen LogP contribution in [0.4, 0.5) is 4.39 Å². The largest absolute Gasteiger partial charge is 0.495 e. The second-order valence-electron chi connectivity index (χ2n) is 1.79. The van der Waals surface area contributed by atoms with Gasteiger partial charge in [-0.25, -0.2) is 4.39 Å². The third-order valence-electron chi connectivity index (χ3n) is 1.14. The van der Waals surface area contributed by atoms with Crippen molar-refractivity contribution in [1.82, 2.24) is 0 Å². The lowest BCUT2D eigenvalue weighted by Crippen LogP contribution is -2.01. The molecule has 2 heteroatoms. The Kier molecular flexibility index (Phi) is 1.89. The molecule has 0 saturated heterocycles. The Bertz CT molecular complexity index is 98.7. The first-order valence-corrected chi connectivity index (χ1v) is 2.81. The summed E-state index contributed by atoms with van der Waals surface area (Å²) >= 11 is 0. The average Bonchev–Trinajstić information content (AvgIpc) is 1.90. The minimum Gasteiger partial charge on any atom is -0.495 e. The summed E-state index contributed by atoms with van der Waals surface area (Å²) in [4.78, 5) is 0. The summed E-state index contributed by atoms with van der Waals surface area (Å²) in [5.41, 5.74) is 0. The molecule has 0 spiro atoms. The number of alkyl halides is 1. The summed E-state index contributed by atoms with van der Waals surface area (Å²) in [7, 11) is 0. The molecule has 1 aliphatic heterocycles. The Morgan fingerprint density at radius 3 is 3.00 bits per heavy atom. The first-order valence-electron chi connectivity index (χ1n) is 2.81. The molecule has 0 bridgehead atoms. The summed E-state index contributed by atoms with van der Waals surface area (Å²) in [6, 6.07) is 0. The quantitative estimate of drug-likeness (QED) is 0.506. The molecule has 0 unspecified atom stereocenters. The van der Waals surface area contributed by atoms with E-state index in [9.17, 15) is 4.39 Å². The highest BCUT2D eigenvalue weighted by atomic mass is 19.1. The highest BCUT2D eigenvalue weighted by Gasteiger charge is 2.01. The lowest BCUT2D eigenvalue weighted by Gasteiger charge is -2.10. The van der Waals surface area contributed by atoms with Crippen molar-refractivity contribution in [3.63, 3.8) is 0 Å². The number of rotatable bonds is 1. The average molecular weight is 116 g/mol. The minimum atomic E-state index is -0.444. The van der Waals surface area contributed by atoms with Crippen molar-refractivity contribution in [3.05, 3.63) is 11.8 Å². The van der Waals surface area contributed by atoms with Crippen LogP contribution in [0.2, 0.25) is 0 Å². The Labute approximate surface area is 48.1 Å². The number of halogens is 1. The van der Waals surface area contributed by atoms with E-state index in [0.717, 1.165) is 12.8 Å². The smallest absolute Gasteiger partial charge is 0.146 e. The van der Waals surface area contributed by atoms with Gasteiger partial charge in [-0.1, -0.05) is 0 Å². The number of ether oxygens (including phenoxy) is 1. The SMILES string of the molecule is FCC1=CCCCO1. The van der Waals surface area contributed by atoms with Crippen LogP contribution in [0.5, 0.6) is 0 Å². The molecule has 0 saturated carbocycles. The second kappa shape index (κ2) is 2.70. The fourth-order valence-electron chi connectivity index (χ4n) is 0.702. The van der Waals surface area contributed by atoms with Crippen molar-refractivity contribution in [2.24, 2.45) is 0 Å². The number of allylic oxidation sites excluding steroid dienone is 2. The van der Waals surface area contributed by atoms with Gasteiger partial charge in [-0.3, -0.25) is 0 Å². The molecule has 1 aliphatic rings. The van der Waals surface area contributed by atoms with Gasteiger partial charge in [0, 0.05) is 0 Å². The molecule has 0 fully saturated rings. The van der Waals surface area contributed by atoms with Gasteiger partial charge in [0.2, 0.25) is 0 Å². The van der Waals surface area contributed by atoms with E-state index in [1.165, 1.54) is 0 Å². The van der Waals surface area contributed by atoms with Crippen LogP contribution in [-0.4, -0.2) is 13.3 Å². The molecule has 1 heterocycles. The van der Waals surface area contributed by atoms with E-state index in [2.05, 4.69) is 0 Å². The standard InChI is InChI=1S/C6H9FO/c7-5-6-3-1-2-4-8-6/h3H,1-2,4-5H2. The van der Waals surface area contributed by atoms with Crippen molar-refractivity contribution >= 4 is 0 Å². The van der Waals surface area contributed by atoms with Crippen molar-refractivity contribution in [3.8, 4) is 0 Å². The van der Waals surface area contributed by atoms with Crippen molar-refractivity contribution in [2.45, 2.75) is 12.8 Å². The van der Waals surface area contributed by atoms with Gasteiger partial charge in [-0.15, -0.1) is 0 Å². The molecule has 0 amide bonds. The minimum absolute atomic E-state index is 0.444. The molecule has 0 N–H and O–H groups in total. The van der Waals surface area contributed by atoms with Crippen LogP contribution >= 0.6 is 0 Å². The van der Waals surface area contributed by atoms with Crippen LogP contribution in [0.15, 0.2) is 11.8 Å². The molecule has 0 radical (unpaired) electrons. The van der Waals surface area contributed by atoms with E-state index in [0.29, 0.717) is 12.4 Å². The van der Waals surface area contributed by atoms with Crippen LogP contribution in [-0.2, 0) is 4.74 Å². The van der Waals surface area contributed by atoms with Crippen molar-refractivity contribution < 1.29 is 9.13 Å². The molecule has 8 heavy (non-hydrogen) atoms. The Morgan fingerprint density at radius 1 is 1.75 bits per heavy atom. The zero-order valence-electron chi connectivity index (χ0n) is 4.69. The fourth-order valence-corrected chi connectivity index (χ4v) is 0.702. The van der Waals surface area contributed by atoms with Crippen LogP contribution in [0.3, 0.4) is 0 Å². The Hall–Kier alpha value is -0.530. The third-order valence-corrected chi connectivity index (χ3v) is 1.14. The van der Waals surface area contributed by atoms with E-state index >= 15 is 0 Å². The summed E-state index contributed by atoms with van der Waals surface area (Å²) in [6.07, 6.45) is 3.81. The molecule has 0 aliphatic carbocycles. The van der Waals surface area contributed by atoms with Crippen LogP contribution in [0, 0.1) is 0 Å². The van der Waals surface area contributed by atoms with E-state index in [4.69, 9.17) is 4.74 Å². The maximum atomic E-state index is 11.7. The lowest BCUT2D eigenvalue weighted by atomic mass is 10.2. The van der Waals surface area contributed by atoms with Gasteiger partial charge >= 0.3 is 0 Å². The van der Waals surface area contributed by atoms with Crippen molar-refractivity contribution in [1.29, 1.82) is 0 Å². The molecule has 46 valence electrons. The first-order chi connectivity index (χ1) is 3.93. The third kappa shape index (κ3) is 1.22. The Morgan fingerprint density at radius 2 is 2.62 bits per heavy atom. The van der Waals surface area contributed by atoms with E-state index in [-0.39, 0.29) is 0 Å². The molecule has 1 nitrogen and oxygen atoms in total. The Balaban J connectivity index is 2.37. The maximum Gasteiger partial charge on any atom is 0.146 e. The summed E-state index contributed by atoms with van der Waals surface area (Å²) in [6.45, 7) is 0.246. The number of hydrogen-bond donors (Lipinski definition) is 0. The van der Waals surface area contributed by atoms with E-state index < -0.39 is 6.67 Å². The molecule has 0 aromatic heterocycles. The van der Waals surface area contributed by atoms with Gasteiger partial charge < -0.3 is 4.74 Å².